The highest BCUT2D eigenvalue weighted by atomic mass is 32.2. The lowest BCUT2D eigenvalue weighted by Gasteiger charge is -2.16. The molecule has 6 heteroatoms. The van der Waals surface area contributed by atoms with Crippen LogP contribution in [0.4, 0.5) is 0 Å². The molecule has 0 aliphatic carbocycles. The van der Waals surface area contributed by atoms with Crippen molar-refractivity contribution in [3.63, 3.8) is 0 Å². The van der Waals surface area contributed by atoms with E-state index in [0.717, 1.165) is 27.6 Å². The van der Waals surface area contributed by atoms with Crippen LogP contribution in [0.25, 0.3) is 10.9 Å². The number of benzene rings is 3. The predicted molar refractivity (Wildman–Crippen MR) is 129 cm³/mol. The molecule has 0 spiro atoms. The number of nitriles is 1. The molecular formula is C27H24N2O3S. The molecule has 5 nitrogen and oxygen atoms in total. The molecule has 1 aromatic heterocycles. The smallest absolute Gasteiger partial charge is 0.194 e. The van der Waals surface area contributed by atoms with Crippen molar-refractivity contribution < 1.29 is 13.2 Å². The highest BCUT2D eigenvalue weighted by Gasteiger charge is 2.26. The Bertz CT molecular complexity index is 1520. The molecule has 1 heterocycles. The summed E-state index contributed by atoms with van der Waals surface area (Å²) in [5.41, 5.74) is 5.78. The summed E-state index contributed by atoms with van der Waals surface area (Å²) in [7, 11) is -3.98. The van der Waals surface area contributed by atoms with E-state index in [1.165, 1.54) is 17.7 Å². The van der Waals surface area contributed by atoms with E-state index in [4.69, 9.17) is 0 Å². The summed E-state index contributed by atoms with van der Waals surface area (Å²) in [5.74, 6) is -1.20. The molecule has 0 bridgehead atoms. The van der Waals surface area contributed by atoms with Gasteiger partial charge in [0.05, 0.1) is 16.2 Å². The number of sulfone groups is 1. The molecule has 166 valence electrons. The number of carbonyl (C=O) groups is 1. The number of Topliss-reactive ketones (excluding diaryl/α,β-unsaturated/α-hetero) is 1. The summed E-state index contributed by atoms with van der Waals surface area (Å²) in [6.45, 7) is 6.60. The average molecular weight is 457 g/mol. The molecule has 4 aromatic rings. The lowest BCUT2D eigenvalue weighted by Crippen LogP contribution is -2.20. The second-order valence-electron chi connectivity index (χ2n) is 8.34. The minimum atomic E-state index is -3.98. The van der Waals surface area contributed by atoms with Crippen LogP contribution in [0.2, 0.25) is 0 Å². The number of rotatable bonds is 6. The molecule has 0 saturated heterocycles. The fraction of sp³-hybridized carbons (Fsp3) is 0.185. The third-order valence-corrected chi connectivity index (χ3v) is 7.58. The minimum absolute atomic E-state index is 0.0387. The Balaban J connectivity index is 1.79. The SMILES string of the molecule is Cc1cc(C)c(Cn2c(C(=O)CS(=O)(=O)c3ccccc3C#N)cc3ccccc32)c(C)c1. The first-order chi connectivity index (χ1) is 15.7. The molecule has 0 amide bonds. The van der Waals surface area contributed by atoms with Crippen molar-refractivity contribution in [2.45, 2.75) is 32.2 Å². The fourth-order valence-corrected chi connectivity index (χ4v) is 5.77. The number of para-hydroxylation sites is 1. The highest BCUT2D eigenvalue weighted by molar-refractivity contribution is 7.92. The Morgan fingerprint density at radius 2 is 1.58 bits per heavy atom. The number of aromatic nitrogens is 1. The molecule has 3 aromatic carbocycles. The Hall–Kier alpha value is -3.69. The van der Waals surface area contributed by atoms with Gasteiger partial charge in [0, 0.05) is 17.4 Å². The first kappa shape index (κ1) is 22.5. The van der Waals surface area contributed by atoms with Crippen LogP contribution in [0.3, 0.4) is 0 Å². The van der Waals surface area contributed by atoms with Crippen LogP contribution < -0.4 is 0 Å². The number of hydrogen-bond acceptors (Lipinski definition) is 4. The summed E-state index contributed by atoms with van der Waals surface area (Å²) >= 11 is 0. The number of hydrogen-bond donors (Lipinski definition) is 0. The zero-order chi connectivity index (χ0) is 23.8. The second kappa shape index (κ2) is 8.68. The van der Waals surface area contributed by atoms with Gasteiger partial charge in [-0.05, 0) is 61.7 Å². The van der Waals surface area contributed by atoms with Gasteiger partial charge in [0.2, 0.25) is 0 Å². The maximum Gasteiger partial charge on any atom is 0.194 e. The van der Waals surface area contributed by atoms with Crippen molar-refractivity contribution in [1.29, 1.82) is 5.26 Å². The lowest BCUT2D eigenvalue weighted by atomic mass is 9.99. The van der Waals surface area contributed by atoms with Crippen molar-refractivity contribution in [2.75, 3.05) is 5.75 Å². The van der Waals surface area contributed by atoms with E-state index in [9.17, 15) is 18.5 Å². The molecule has 0 fully saturated rings. The molecule has 4 rings (SSSR count). The van der Waals surface area contributed by atoms with E-state index >= 15 is 0 Å². The van der Waals surface area contributed by atoms with Gasteiger partial charge in [-0.15, -0.1) is 0 Å². The zero-order valence-electron chi connectivity index (χ0n) is 18.8. The summed E-state index contributed by atoms with van der Waals surface area (Å²) in [4.78, 5) is 13.2. The Kier molecular flexibility index (Phi) is 5.92. The quantitative estimate of drug-likeness (QED) is 0.376. The van der Waals surface area contributed by atoms with Gasteiger partial charge in [-0.2, -0.15) is 5.26 Å². The maximum absolute atomic E-state index is 13.4. The molecule has 0 N–H and O–H groups in total. The minimum Gasteiger partial charge on any atom is -0.334 e. The number of fused-ring (bicyclic) bond motifs is 1. The summed E-state index contributed by atoms with van der Waals surface area (Å²) in [5, 5.41) is 10.2. The second-order valence-corrected chi connectivity index (χ2v) is 10.3. The van der Waals surface area contributed by atoms with Crippen LogP contribution in [-0.4, -0.2) is 24.5 Å². The Morgan fingerprint density at radius 3 is 2.27 bits per heavy atom. The third-order valence-electron chi connectivity index (χ3n) is 5.92. The van der Waals surface area contributed by atoms with E-state index in [0.29, 0.717) is 12.2 Å². The van der Waals surface area contributed by atoms with E-state index in [1.807, 2.05) is 55.7 Å². The van der Waals surface area contributed by atoms with Crippen LogP contribution >= 0.6 is 0 Å². The predicted octanol–water partition coefficient (Wildman–Crippen LogP) is 5.14. The van der Waals surface area contributed by atoms with Gasteiger partial charge in [-0.3, -0.25) is 4.79 Å². The van der Waals surface area contributed by atoms with Crippen molar-refractivity contribution in [3.8, 4) is 6.07 Å². The zero-order valence-corrected chi connectivity index (χ0v) is 19.6. The van der Waals surface area contributed by atoms with Crippen molar-refractivity contribution in [2.24, 2.45) is 0 Å². The molecule has 33 heavy (non-hydrogen) atoms. The Morgan fingerprint density at radius 1 is 0.939 bits per heavy atom. The van der Waals surface area contributed by atoms with Crippen LogP contribution in [0, 0.1) is 32.1 Å². The first-order valence-corrected chi connectivity index (χ1v) is 12.3. The lowest BCUT2D eigenvalue weighted by molar-refractivity contribution is 0.101. The monoisotopic (exact) mass is 456 g/mol. The summed E-state index contributed by atoms with van der Waals surface area (Å²) in [6, 6.07) is 21.5. The molecule has 0 atom stereocenters. The molecule has 0 unspecified atom stereocenters. The summed E-state index contributed by atoms with van der Waals surface area (Å²) in [6.07, 6.45) is 0. The summed E-state index contributed by atoms with van der Waals surface area (Å²) < 4.78 is 28.0. The Labute approximate surface area is 193 Å². The van der Waals surface area contributed by atoms with Gasteiger partial charge >= 0.3 is 0 Å². The van der Waals surface area contributed by atoms with Crippen LogP contribution in [0.5, 0.6) is 0 Å². The van der Waals surface area contributed by atoms with Gasteiger partial charge in [0.1, 0.15) is 11.8 Å². The van der Waals surface area contributed by atoms with Crippen molar-refractivity contribution in [1.82, 2.24) is 4.57 Å². The van der Waals surface area contributed by atoms with Crippen LogP contribution in [-0.2, 0) is 16.4 Å². The molecule has 0 aliphatic rings. The number of carbonyl (C=O) groups excluding carboxylic acids is 1. The molecule has 0 aliphatic heterocycles. The largest absolute Gasteiger partial charge is 0.334 e. The normalized spacial score (nSPS) is 11.5. The highest BCUT2D eigenvalue weighted by Crippen LogP contribution is 2.26. The van der Waals surface area contributed by atoms with E-state index in [1.54, 1.807) is 18.2 Å². The topological polar surface area (TPSA) is 79.9 Å². The fourth-order valence-electron chi connectivity index (χ4n) is 4.38. The molecule has 0 radical (unpaired) electrons. The van der Waals surface area contributed by atoms with Gasteiger partial charge in [-0.25, -0.2) is 8.42 Å². The van der Waals surface area contributed by atoms with Gasteiger partial charge in [0.25, 0.3) is 0 Å². The van der Waals surface area contributed by atoms with Gasteiger partial charge < -0.3 is 4.57 Å². The number of nitrogens with zero attached hydrogens (tertiary/aromatic N) is 2. The van der Waals surface area contributed by atoms with E-state index in [2.05, 4.69) is 12.1 Å². The maximum atomic E-state index is 13.4. The van der Waals surface area contributed by atoms with Crippen LogP contribution in [0.15, 0.2) is 71.6 Å². The van der Waals surface area contributed by atoms with E-state index in [-0.39, 0.29) is 10.5 Å². The van der Waals surface area contributed by atoms with Crippen molar-refractivity contribution >= 4 is 26.5 Å². The molecule has 0 saturated carbocycles. The van der Waals surface area contributed by atoms with Gasteiger partial charge in [0.15, 0.2) is 15.6 Å². The van der Waals surface area contributed by atoms with Gasteiger partial charge in [-0.1, -0.05) is 48.0 Å². The van der Waals surface area contributed by atoms with Crippen LogP contribution in [0.1, 0.15) is 38.3 Å². The number of aryl methyl sites for hydroxylation is 3. The molecular weight excluding hydrogens is 432 g/mol. The first-order valence-electron chi connectivity index (χ1n) is 10.6. The average Bonchev–Trinajstić information content (AvgIpc) is 3.14. The number of ketones is 1. The van der Waals surface area contributed by atoms with E-state index < -0.39 is 21.4 Å². The third kappa shape index (κ3) is 4.33. The van der Waals surface area contributed by atoms with Crippen molar-refractivity contribution in [3.05, 3.63) is 100 Å². The standard InChI is InChI=1S/C27H24N2O3S/c1-18-12-19(2)23(20(3)13-18)16-29-24-10-6-4-8-21(24)14-25(29)26(30)17-33(31,32)27-11-7-5-9-22(27)15-28/h4-14H,16-17H2,1-3H3.